The summed E-state index contributed by atoms with van der Waals surface area (Å²) in [7, 11) is 0. The highest BCUT2D eigenvalue weighted by Crippen LogP contribution is 2.19. The lowest BCUT2D eigenvalue weighted by molar-refractivity contribution is -0.137. The number of anilines is 1. The van der Waals surface area contributed by atoms with E-state index in [0.717, 1.165) is 24.8 Å². The number of hydrogen-bond acceptors (Lipinski definition) is 3. The van der Waals surface area contributed by atoms with Crippen LogP contribution in [0, 0.1) is 5.92 Å². The maximum atomic E-state index is 12.0. The maximum Gasteiger partial charge on any atom is 0.313 e. The van der Waals surface area contributed by atoms with E-state index in [0.29, 0.717) is 5.69 Å². The Morgan fingerprint density at radius 1 is 1.22 bits per heavy atom. The lowest BCUT2D eigenvalue weighted by atomic mass is 9.89. The molecule has 128 valence electrons. The van der Waals surface area contributed by atoms with Gasteiger partial charge in [0.25, 0.3) is 0 Å². The Balaban J connectivity index is 2.63. The summed E-state index contributed by atoms with van der Waals surface area (Å²) in [4.78, 5) is 24.0. The summed E-state index contributed by atoms with van der Waals surface area (Å²) < 4.78 is 0. The van der Waals surface area contributed by atoms with Gasteiger partial charge >= 0.3 is 11.8 Å². The smallest absolute Gasteiger partial charge is 0.313 e. The molecule has 0 saturated carbocycles. The highest BCUT2D eigenvalue weighted by molar-refractivity contribution is 6.39. The van der Waals surface area contributed by atoms with Crippen molar-refractivity contribution in [3.63, 3.8) is 0 Å². The summed E-state index contributed by atoms with van der Waals surface area (Å²) in [5.74, 6) is -1.43. The van der Waals surface area contributed by atoms with E-state index in [-0.39, 0.29) is 12.5 Å². The van der Waals surface area contributed by atoms with Crippen LogP contribution in [0.15, 0.2) is 24.3 Å². The standard InChI is InChI=1S/C18H28N2O3/c1-5-9-14-10-7-8-11-15(14)20-17(22)16(21)19-12-18(4,23)13(3)6-2/h7-8,10-11,13,23H,5-6,9,12H2,1-4H3,(H,19,21)(H,20,22). The van der Waals surface area contributed by atoms with Crippen LogP contribution in [0.1, 0.15) is 46.1 Å². The van der Waals surface area contributed by atoms with E-state index in [2.05, 4.69) is 17.6 Å². The largest absolute Gasteiger partial charge is 0.388 e. The molecule has 0 heterocycles. The van der Waals surface area contributed by atoms with Gasteiger partial charge in [0, 0.05) is 12.2 Å². The summed E-state index contributed by atoms with van der Waals surface area (Å²) in [6, 6.07) is 7.45. The van der Waals surface area contributed by atoms with Crippen molar-refractivity contribution in [1.82, 2.24) is 5.32 Å². The molecule has 2 unspecified atom stereocenters. The number of para-hydroxylation sites is 1. The van der Waals surface area contributed by atoms with Crippen LogP contribution >= 0.6 is 0 Å². The van der Waals surface area contributed by atoms with Gasteiger partial charge in [-0.1, -0.05) is 51.8 Å². The average Bonchev–Trinajstić information content (AvgIpc) is 2.53. The number of amides is 2. The zero-order valence-electron chi connectivity index (χ0n) is 14.5. The molecule has 3 N–H and O–H groups in total. The molecule has 0 aromatic heterocycles. The number of aryl methyl sites for hydroxylation is 1. The van der Waals surface area contributed by atoms with Crippen molar-refractivity contribution < 1.29 is 14.7 Å². The van der Waals surface area contributed by atoms with E-state index in [1.807, 2.05) is 32.0 Å². The summed E-state index contributed by atoms with van der Waals surface area (Å²) >= 11 is 0. The van der Waals surface area contributed by atoms with E-state index in [1.54, 1.807) is 13.0 Å². The van der Waals surface area contributed by atoms with Crippen LogP contribution in [-0.4, -0.2) is 29.1 Å². The minimum Gasteiger partial charge on any atom is -0.388 e. The van der Waals surface area contributed by atoms with E-state index < -0.39 is 17.4 Å². The van der Waals surface area contributed by atoms with Gasteiger partial charge in [0.15, 0.2) is 0 Å². The molecule has 5 heteroatoms. The maximum absolute atomic E-state index is 12.0. The molecule has 2 amide bonds. The number of aliphatic hydroxyl groups is 1. The first kappa shape index (κ1) is 19.2. The Morgan fingerprint density at radius 3 is 2.48 bits per heavy atom. The molecule has 0 aliphatic heterocycles. The molecule has 0 aliphatic carbocycles. The number of carbonyl (C=O) groups excluding carboxylic acids is 2. The second-order valence-electron chi connectivity index (χ2n) is 6.21. The second kappa shape index (κ2) is 8.67. The first-order valence-corrected chi connectivity index (χ1v) is 8.21. The van der Waals surface area contributed by atoms with E-state index in [9.17, 15) is 14.7 Å². The third-order valence-corrected chi connectivity index (χ3v) is 4.27. The van der Waals surface area contributed by atoms with Crippen molar-refractivity contribution in [2.75, 3.05) is 11.9 Å². The topological polar surface area (TPSA) is 78.4 Å². The van der Waals surface area contributed by atoms with Crippen LogP contribution in [0.2, 0.25) is 0 Å². The molecule has 2 atom stereocenters. The van der Waals surface area contributed by atoms with Gasteiger partial charge in [-0.2, -0.15) is 0 Å². The van der Waals surface area contributed by atoms with E-state index in [4.69, 9.17) is 0 Å². The second-order valence-corrected chi connectivity index (χ2v) is 6.21. The van der Waals surface area contributed by atoms with Gasteiger partial charge in [-0.3, -0.25) is 9.59 Å². The summed E-state index contributed by atoms with van der Waals surface area (Å²) in [5, 5.41) is 15.4. The molecule has 0 spiro atoms. The first-order chi connectivity index (χ1) is 10.8. The zero-order valence-corrected chi connectivity index (χ0v) is 14.5. The zero-order chi connectivity index (χ0) is 17.5. The molecule has 5 nitrogen and oxygen atoms in total. The van der Waals surface area contributed by atoms with Gasteiger partial charge in [0.05, 0.1) is 5.60 Å². The molecule has 1 aromatic carbocycles. The SMILES string of the molecule is CCCc1ccccc1NC(=O)C(=O)NCC(C)(O)C(C)CC. The van der Waals surface area contributed by atoms with Crippen molar-refractivity contribution >= 4 is 17.5 Å². The molecule has 0 saturated heterocycles. The van der Waals surface area contributed by atoms with Gasteiger partial charge in [0.2, 0.25) is 0 Å². The number of hydrogen-bond donors (Lipinski definition) is 3. The van der Waals surface area contributed by atoms with Gasteiger partial charge in [-0.05, 0) is 30.9 Å². The van der Waals surface area contributed by atoms with Crippen molar-refractivity contribution in [3.8, 4) is 0 Å². The Bertz CT molecular complexity index is 541. The predicted octanol–water partition coefficient (Wildman–Crippen LogP) is 2.49. The molecular weight excluding hydrogens is 292 g/mol. The molecule has 1 aromatic rings. The minimum absolute atomic E-state index is 0.0242. The molecule has 0 bridgehead atoms. The highest BCUT2D eigenvalue weighted by atomic mass is 16.3. The lowest BCUT2D eigenvalue weighted by Crippen LogP contribution is -2.47. The Hall–Kier alpha value is -1.88. The van der Waals surface area contributed by atoms with Crippen LogP contribution in [-0.2, 0) is 16.0 Å². The van der Waals surface area contributed by atoms with Crippen molar-refractivity contribution in [1.29, 1.82) is 0 Å². The fraction of sp³-hybridized carbons (Fsp3) is 0.556. The van der Waals surface area contributed by atoms with Crippen molar-refractivity contribution in [2.45, 2.75) is 52.6 Å². The van der Waals surface area contributed by atoms with Gasteiger partial charge < -0.3 is 15.7 Å². The molecule has 0 fully saturated rings. The van der Waals surface area contributed by atoms with Gasteiger partial charge in [-0.15, -0.1) is 0 Å². The Kier molecular flexibility index (Phi) is 7.23. The minimum atomic E-state index is -1.04. The van der Waals surface area contributed by atoms with Crippen LogP contribution in [0.4, 0.5) is 5.69 Å². The molecular formula is C18H28N2O3. The Labute approximate surface area is 138 Å². The number of carbonyl (C=O) groups is 2. The van der Waals surface area contributed by atoms with Crippen LogP contribution in [0.5, 0.6) is 0 Å². The lowest BCUT2D eigenvalue weighted by Gasteiger charge is -2.29. The fourth-order valence-electron chi connectivity index (χ4n) is 2.26. The fourth-order valence-corrected chi connectivity index (χ4v) is 2.26. The van der Waals surface area contributed by atoms with Crippen LogP contribution < -0.4 is 10.6 Å². The molecule has 23 heavy (non-hydrogen) atoms. The molecule has 0 radical (unpaired) electrons. The predicted molar refractivity (Wildman–Crippen MR) is 92.2 cm³/mol. The summed E-state index contributed by atoms with van der Waals surface area (Å²) in [5.41, 5.74) is 0.621. The number of benzene rings is 1. The van der Waals surface area contributed by atoms with Gasteiger partial charge in [0.1, 0.15) is 0 Å². The highest BCUT2D eigenvalue weighted by Gasteiger charge is 2.28. The Morgan fingerprint density at radius 2 is 1.87 bits per heavy atom. The first-order valence-electron chi connectivity index (χ1n) is 8.21. The normalized spacial score (nSPS) is 14.7. The van der Waals surface area contributed by atoms with E-state index >= 15 is 0 Å². The third kappa shape index (κ3) is 5.67. The third-order valence-electron chi connectivity index (χ3n) is 4.27. The average molecular weight is 320 g/mol. The molecule has 1 rings (SSSR count). The quantitative estimate of drug-likeness (QED) is 0.675. The monoisotopic (exact) mass is 320 g/mol. The number of nitrogens with one attached hydrogen (secondary N) is 2. The molecule has 0 aliphatic rings. The number of rotatable bonds is 7. The van der Waals surface area contributed by atoms with Crippen LogP contribution in [0.3, 0.4) is 0 Å². The van der Waals surface area contributed by atoms with Gasteiger partial charge in [-0.25, -0.2) is 0 Å². The summed E-state index contributed by atoms with van der Waals surface area (Å²) in [6.07, 6.45) is 2.58. The van der Waals surface area contributed by atoms with Crippen LogP contribution in [0.25, 0.3) is 0 Å². The van der Waals surface area contributed by atoms with Crippen molar-refractivity contribution in [2.24, 2.45) is 5.92 Å². The van der Waals surface area contributed by atoms with Crippen molar-refractivity contribution in [3.05, 3.63) is 29.8 Å². The van der Waals surface area contributed by atoms with E-state index in [1.165, 1.54) is 0 Å². The summed E-state index contributed by atoms with van der Waals surface area (Å²) in [6.45, 7) is 7.65.